The maximum Gasteiger partial charge on any atom is 0.303 e. The fourth-order valence-corrected chi connectivity index (χ4v) is 4.15. The molecule has 1 aliphatic carbocycles. The van der Waals surface area contributed by atoms with Gasteiger partial charge in [-0.1, -0.05) is 6.42 Å². The summed E-state index contributed by atoms with van der Waals surface area (Å²) in [5.41, 5.74) is 4.16. The summed E-state index contributed by atoms with van der Waals surface area (Å²) < 4.78 is 7.29. The van der Waals surface area contributed by atoms with E-state index in [1.165, 1.54) is 0 Å². The molecule has 1 aromatic heterocycles. The van der Waals surface area contributed by atoms with E-state index in [1.54, 1.807) is 23.9 Å². The van der Waals surface area contributed by atoms with Crippen LogP contribution in [0.25, 0.3) is 5.69 Å². The van der Waals surface area contributed by atoms with Crippen molar-refractivity contribution in [3.05, 3.63) is 46.8 Å². The number of amides is 1. The van der Waals surface area contributed by atoms with Crippen LogP contribution >= 0.6 is 0 Å². The van der Waals surface area contributed by atoms with Crippen molar-refractivity contribution >= 4 is 11.9 Å². The average Bonchev–Trinajstić information content (AvgIpc) is 3.28. The first-order valence-electron chi connectivity index (χ1n) is 10.1. The normalized spacial score (nSPS) is 18.7. The standard InChI is InChI=1S/C22H29N3O4/c1-14-19(11-12-21(26)27)15(2)25(24-14)18-9-7-16(8-10-18)22(28)23-13-17-5-4-6-20(17)29-3/h7-10,17,20H,4-6,11-13H2,1-3H3,(H,23,28)(H,26,27). The third kappa shape index (κ3) is 4.85. The van der Waals surface area contributed by atoms with Gasteiger partial charge in [0.15, 0.2) is 0 Å². The lowest BCUT2D eigenvalue weighted by atomic mass is 10.1. The van der Waals surface area contributed by atoms with Crippen LogP contribution in [-0.2, 0) is 16.0 Å². The monoisotopic (exact) mass is 399 g/mol. The Morgan fingerprint density at radius 3 is 2.62 bits per heavy atom. The summed E-state index contributed by atoms with van der Waals surface area (Å²) in [6.07, 6.45) is 4.06. The SMILES string of the molecule is COC1CCCC1CNC(=O)c1ccc(-n2nc(C)c(CCC(=O)O)c2C)cc1. The second kappa shape index (κ2) is 9.22. The van der Waals surface area contributed by atoms with Gasteiger partial charge in [-0.05, 0) is 62.9 Å². The molecule has 3 rings (SSSR count). The number of carboxylic acids is 1. The third-order valence-electron chi connectivity index (χ3n) is 5.82. The number of nitrogens with zero attached hydrogens (tertiary/aromatic N) is 2. The number of aromatic nitrogens is 2. The summed E-state index contributed by atoms with van der Waals surface area (Å²) in [5.74, 6) is -0.530. The van der Waals surface area contributed by atoms with E-state index in [2.05, 4.69) is 10.4 Å². The van der Waals surface area contributed by atoms with Crippen LogP contribution in [0.15, 0.2) is 24.3 Å². The summed E-state index contributed by atoms with van der Waals surface area (Å²) in [6.45, 7) is 4.45. The molecule has 29 heavy (non-hydrogen) atoms. The number of hydrogen-bond donors (Lipinski definition) is 2. The Kier molecular flexibility index (Phi) is 6.69. The Bertz CT molecular complexity index is 873. The number of ether oxygens (including phenoxy) is 1. The molecule has 7 nitrogen and oxygen atoms in total. The molecule has 1 saturated carbocycles. The van der Waals surface area contributed by atoms with Crippen LogP contribution in [0.4, 0.5) is 0 Å². The molecule has 1 fully saturated rings. The van der Waals surface area contributed by atoms with Gasteiger partial charge in [-0.2, -0.15) is 5.10 Å². The van der Waals surface area contributed by atoms with E-state index in [0.717, 1.165) is 41.9 Å². The Morgan fingerprint density at radius 2 is 1.97 bits per heavy atom. The molecule has 1 aromatic carbocycles. The Morgan fingerprint density at radius 1 is 1.24 bits per heavy atom. The van der Waals surface area contributed by atoms with Gasteiger partial charge in [0.2, 0.25) is 0 Å². The minimum atomic E-state index is -0.818. The Balaban J connectivity index is 1.66. The number of aryl methyl sites for hydroxylation is 1. The molecule has 1 heterocycles. The van der Waals surface area contributed by atoms with Gasteiger partial charge in [0, 0.05) is 37.3 Å². The molecule has 2 unspecified atom stereocenters. The molecule has 0 bridgehead atoms. The Labute approximate surface area is 171 Å². The smallest absolute Gasteiger partial charge is 0.303 e. The van der Waals surface area contributed by atoms with E-state index in [1.807, 2.05) is 26.0 Å². The van der Waals surface area contributed by atoms with E-state index < -0.39 is 5.97 Å². The number of carbonyl (C=O) groups is 2. The predicted molar refractivity (Wildman–Crippen MR) is 109 cm³/mol. The predicted octanol–water partition coefficient (Wildman–Crippen LogP) is 3.05. The zero-order chi connectivity index (χ0) is 21.0. The first-order valence-corrected chi connectivity index (χ1v) is 10.1. The highest BCUT2D eigenvalue weighted by Crippen LogP contribution is 2.27. The number of carboxylic acid groups (broad SMARTS) is 1. The molecular formula is C22H29N3O4. The van der Waals surface area contributed by atoms with Crippen LogP contribution in [0.2, 0.25) is 0 Å². The first-order chi connectivity index (χ1) is 13.9. The first kappa shape index (κ1) is 21.0. The van der Waals surface area contributed by atoms with Crippen molar-refractivity contribution in [2.75, 3.05) is 13.7 Å². The van der Waals surface area contributed by atoms with E-state index >= 15 is 0 Å². The van der Waals surface area contributed by atoms with Crippen molar-refractivity contribution in [1.82, 2.24) is 15.1 Å². The van der Waals surface area contributed by atoms with Crippen LogP contribution < -0.4 is 5.32 Å². The maximum atomic E-state index is 12.5. The minimum Gasteiger partial charge on any atom is -0.481 e. The molecule has 1 amide bonds. The third-order valence-corrected chi connectivity index (χ3v) is 5.82. The largest absolute Gasteiger partial charge is 0.481 e. The molecule has 1 aliphatic rings. The van der Waals surface area contributed by atoms with Crippen LogP contribution in [0.5, 0.6) is 0 Å². The Hall–Kier alpha value is -2.67. The fraction of sp³-hybridized carbons (Fsp3) is 0.500. The maximum absolute atomic E-state index is 12.5. The summed E-state index contributed by atoms with van der Waals surface area (Å²) >= 11 is 0. The second-order valence-electron chi connectivity index (χ2n) is 7.68. The molecule has 156 valence electrons. The summed E-state index contributed by atoms with van der Waals surface area (Å²) in [4.78, 5) is 23.4. The molecular weight excluding hydrogens is 370 g/mol. The van der Waals surface area contributed by atoms with Crippen molar-refractivity contribution in [1.29, 1.82) is 0 Å². The van der Waals surface area contributed by atoms with E-state index in [4.69, 9.17) is 9.84 Å². The highest BCUT2D eigenvalue weighted by Gasteiger charge is 2.27. The summed E-state index contributed by atoms with van der Waals surface area (Å²) in [7, 11) is 1.73. The van der Waals surface area contributed by atoms with Crippen LogP contribution in [0.1, 0.15) is 53.0 Å². The van der Waals surface area contributed by atoms with Crippen LogP contribution in [-0.4, -0.2) is 46.5 Å². The lowest BCUT2D eigenvalue weighted by Crippen LogP contribution is -2.33. The molecule has 0 saturated heterocycles. The van der Waals surface area contributed by atoms with Gasteiger partial charge < -0.3 is 15.2 Å². The van der Waals surface area contributed by atoms with E-state index in [-0.39, 0.29) is 18.4 Å². The number of carbonyl (C=O) groups excluding carboxylic acids is 1. The molecule has 0 aliphatic heterocycles. The number of aliphatic carboxylic acids is 1. The molecule has 7 heteroatoms. The fourth-order valence-electron chi connectivity index (χ4n) is 4.15. The lowest BCUT2D eigenvalue weighted by molar-refractivity contribution is -0.136. The second-order valence-corrected chi connectivity index (χ2v) is 7.68. The average molecular weight is 399 g/mol. The number of methoxy groups -OCH3 is 1. The highest BCUT2D eigenvalue weighted by molar-refractivity contribution is 5.94. The van der Waals surface area contributed by atoms with Gasteiger partial charge in [-0.25, -0.2) is 4.68 Å². The highest BCUT2D eigenvalue weighted by atomic mass is 16.5. The van der Waals surface area contributed by atoms with Crippen LogP contribution in [0, 0.1) is 19.8 Å². The number of nitrogens with one attached hydrogen (secondary N) is 1. The zero-order valence-electron chi connectivity index (χ0n) is 17.3. The van der Waals surface area contributed by atoms with Crippen molar-refractivity contribution in [2.24, 2.45) is 5.92 Å². The number of rotatable bonds is 8. The van der Waals surface area contributed by atoms with Gasteiger partial charge >= 0.3 is 5.97 Å². The molecule has 2 N–H and O–H groups in total. The van der Waals surface area contributed by atoms with Crippen molar-refractivity contribution in [2.45, 2.75) is 52.1 Å². The van der Waals surface area contributed by atoms with Crippen molar-refractivity contribution in [3.63, 3.8) is 0 Å². The molecule has 0 radical (unpaired) electrons. The van der Waals surface area contributed by atoms with E-state index in [9.17, 15) is 9.59 Å². The van der Waals surface area contributed by atoms with Crippen molar-refractivity contribution in [3.8, 4) is 5.69 Å². The molecule has 2 atom stereocenters. The van der Waals surface area contributed by atoms with Gasteiger partial charge in [-0.3, -0.25) is 9.59 Å². The summed E-state index contributed by atoms with van der Waals surface area (Å²) in [6, 6.07) is 7.31. The zero-order valence-corrected chi connectivity index (χ0v) is 17.3. The topological polar surface area (TPSA) is 93.5 Å². The van der Waals surface area contributed by atoms with Gasteiger partial charge in [0.05, 0.1) is 17.5 Å². The lowest BCUT2D eigenvalue weighted by Gasteiger charge is -2.18. The number of hydrogen-bond acceptors (Lipinski definition) is 4. The quantitative estimate of drug-likeness (QED) is 0.712. The summed E-state index contributed by atoms with van der Waals surface area (Å²) in [5, 5.41) is 16.5. The van der Waals surface area contributed by atoms with Crippen LogP contribution in [0.3, 0.4) is 0 Å². The molecule has 0 spiro atoms. The minimum absolute atomic E-state index is 0.0808. The van der Waals surface area contributed by atoms with Gasteiger partial charge in [0.25, 0.3) is 5.91 Å². The van der Waals surface area contributed by atoms with Gasteiger partial charge in [0.1, 0.15) is 0 Å². The molecule has 2 aromatic rings. The van der Waals surface area contributed by atoms with Gasteiger partial charge in [-0.15, -0.1) is 0 Å². The van der Waals surface area contributed by atoms with E-state index in [0.29, 0.717) is 24.4 Å². The number of benzene rings is 1. The van der Waals surface area contributed by atoms with Crippen molar-refractivity contribution < 1.29 is 19.4 Å².